The first kappa shape index (κ1) is 26.7. The molecule has 2 atom stereocenters. The lowest BCUT2D eigenvalue weighted by Gasteiger charge is -2.36. The first-order chi connectivity index (χ1) is 17.9. The zero-order valence-electron chi connectivity index (χ0n) is 22.5. The Labute approximate surface area is 219 Å². The number of hydrogen-bond acceptors (Lipinski definition) is 8. The van der Waals surface area contributed by atoms with Gasteiger partial charge in [0, 0.05) is 48.1 Å². The second kappa shape index (κ2) is 11.8. The van der Waals surface area contributed by atoms with Crippen LogP contribution < -0.4 is 29.9 Å². The van der Waals surface area contributed by atoms with Gasteiger partial charge in [-0.2, -0.15) is 4.98 Å². The molecule has 200 valence electrons. The van der Waals surface area contributed by atoms with Crippen molar-refractivity contribution in [3.8, 4) is 11.5 Å². The van der Waals surface area contributed by atoms with E-state index in [-0.39, 0.29) is 18.1 Å². The van der Waals surface area contributed by atoms with Crippen LogP contribution in [0, 0.1) is 13.8 Å². The molecular weight excluding hydrogens is 472 g/mol. The van der Waals surface area contributed by atoms with E-state index in [4.69, 9.17) is 19.2 Å². The molecule has 2 aromatic rings. The minimum atomic E-state index is -0.171. The molecule has 0 radical (unpaired) electrons. The maximum atomic E-state index is 13.6. The Bertz CT molecular complexity index is 1110. The van der Waals surface area contributed by atoms with Crippen LogP contribution in [-0.2, 0) is 11.3 Å². The van der Waals surface area contributed by atoms with Gasteiger partial charge in [-0.05, 0) is 26.7 Å². The minimum Gasteiger partial charge on any atom is -0.496 e. The van der Waals surface area contributed by atoms with Crippen molar-refractivity contribution < 1.29 is 19.0 Å². The van der Waals surface area contributed by atoms with E-state index >= 15 is 0 Å². The third-order valence-corrected chi connectivity index (χ3v) is 7.19. The number of carbonyl (C=O) groups is 1. The number of anilines is 3. The van der Waals surface area contributed by atoms with Crippen molar-refractivity contribution in [2.75, 3.05) is 49.7 Å². The highest BCUT2D eigenvalue weighted by Crippen LogP contribution is 2.41. The van der Waals surface area contributed by atoms with Crippen LogP contribution in [0.4, 0.5) is 22.2 Å². The Morgan fingerprint density at radius 2 is 1.81 bits per heavy atom. The molecule has 10 nitrogen and oxygen atoms in total. The molecular formula is C27H38N6O4. The molecule has 1 aliphatic carbocycles. The summed E-state index contributed by atoms with van der Waals surface area (Å²) in [6.07, 6.45) is 7.93. The number of ether oxygens (including phenoxy) is 3. The smallest absolute Gasteiger partial charge is 0.330 e. The Kier molecular flexibility index (Phi) is 8.50. The molecule has 1 saturated carbocycles. The number of hydrogen-bond donors (Lipinski definition) is 2. The fourth-order valence-corrected chi connectivity index (χ4v) is 5.25. The van der Waals surface area contributed by atoms with E-state index in [9.17, 15) is 4.79 Å². The van der Waals surface area contributed by atoms with Gasteiger partial charge in [-0.25, -0.2) is 9.78 Å². The number of urea groups is 1. The third kappa shape index (κ3) is 5.50. The summed E-state index contributed by atoms with van der Waals surface area (Å²) in [6.45, 7) is 8.93. The van der Waals surface area contributed by atoms with Crippen LogP contribution in [0.15, 0.2) is 24.9 Å². The fourth-order valence-electron chi connectivity index (χ4n) is 5.25. The lowest BCUT2D eigenvalue weighted by molar-refractivity contribution is 0.123. The van der Waals surface area contributed by atoms with Crippen LogP contribution in [0.25, 0.3) is 0 Å². The number of aromatic nitrogens is 2. The first-order valence-electron chi connectivity index (χ1n) is 12.7. The number of benzene rings is 1. The molecule has 4 rings (SSSR count). The molecule has 0 spiro atoms. The molecule has 0 bridgehead atoms. The van der Waals surface area contributed by atoms with E-state index in [0.717, 1.165) is 41.6 Å². The number of nitrogens with one attached hydrogen (secondary N) is 2. The Morgan fingerprint density at radius 3 is 2.46 bits per heavy atom. The van der Waals surface area contributed by atoms with E-state index < -0.39 is 0 Å². The minimum absolute atomic E-state index is 0.171. The molecule has 1 aromatic heterocycles. The molecule has 0 saturated heterocycles. The van der Waals surface area contributed by atoms with Crippen molar-refractivity contribution in [1.29, 1.82) is 0 Å². The Hall–Kier alpha value is -3.37. The number of carbonyl (C=O) groups excluding carboxylic acids is 1. The fraction of sp³-hybridized carbons (Fsp3) is 0.519. The van der Waals surface area contributed by atoms with Crippen molar-refractivity contribution in [3.63, 3.8) is 0 Å². The zero-order chi connectivity index (χ0) is 26.5. The second-order valence-corrected chi connectivity index (χ2v) is 9.50. The van der Waals surface area contributed by atoms with Crippen LogP contribution in [0.3, 0.4) is 0 Å². The van der Waals surface area contributed by atoms with Crippen LogP contribution in [0.1, 0.15) is 42.4 Å². The highest BCUT2D eigenvalue weighted by Gasteiger charge is 2.34. The first-order valence-corrected chi connectivity index (χ1v) is 12.7. The van der Waals surface area contributed by atoms with E-state index in [1.807, 2.05) is 19.9 Å². The van der Waals surface area contributed by atoms with Gasteiger partial charge in [0.15, 0.2) is 0 Å². The molecule has 10 heteroatoms. The van der Waals surface area contributed by atoms with Crippen molar-refractivity contribution in [2.45, 2.75) is 58.2 Å². The maximum absolute atomic E-state index is 13.6. The average Bonchev–Trinajstić information content (AvgIpc) is 2.91. The van der Waals surface area contributed by atoms with Gasteiger partial charge in [0.2, 0.25) is 5.95 Å². The SMILES string of the molecule is C=CCOCN[C@H]1CCCC[C@H]1Nc1ncc2c(n1)N(C)C(=O)N(c1c(C)c(OC)cc(OC)c1C)C2. The molecule has 1 fully saturated rings. The second-order valence-electron chi connectivity index (χ2n) is 9.50. The van der Waals surface area contributed by atoms with E-state index in [1.54, 1.807) is 43.3 Å². The standard InChI is InChI=1S/C27H38N6O4/c1-7-12-37-16-29-20-10-8-9-11-21(20)30-26-28-14-19-15-33(27(34)32(4)25(19)31-26)24-17(2)22(35-5)13-23(36-6)18(24)3/h7,13-14,20-21,29H,1,8-12,15-16H2,2-6H3,(H,28,30,31)/t20-,21+/m0/s1. The predicted molar refractivity (Wildman–Crippen MR) is 145 cm³/mol. The summed E-state index contributed by atoms with van der Waals surface area (Å²) >= 11 is 0. The highest BCUT2D eigenvalue weighted by atomic mass is 16.5. The molecule has 2 heterocycles. The van der Waals surface area contributed by atoms with Crippen LogP contribution in [-0.4, -0.2) is 62.7 Å². The highest BCUT2D eigenvalue weighted by molar-refractivity contribution is 6.06. The summed E-state index contributed by atoms with van der Waals surface area (Å²) in [5.41, 5.74) is 3.39. The van der Waals surface area contributed by atoms with Crippen LogP contribution >= 0.6 is 0 Å². The summed E-state index contributed by atoms with van der Waals surface area (Å²) in [5.74, 6) is 2.46. The van der Waals surface area contributed by atoms with Crippen LogP contribution in [0.2, 0.25) is 0 Å². The number of nitrogens with zero attached hydrogens (tertiary/aromatic N) is 4. The number of rotatable bonds is 10. The van der Waals surface area contributed by atoms with Crippen molar-refractivity contribution in [3.05, 3.63) is 41.6 Å². The summed E-state index contributed by atoms with van der Waals surface area (Å²) in [4.78, 5) is 26.3. The van der Waals surface area contributed by atoms with Gasteiger partial charge in [0.1, 0.15) is 17.3 Å². The van der Waals surface area contributed by atoms with Gasteiger partial charge in [-0.15, -0.1) is 6.58 Å². The van der Waals surface area contributed by atoms with E-state index in [1.165, 1.54) is 6.42 Å². The molecule has 1 aliphatic heterocycles. The summed E-state index contributed by atoms with van der Waals surface area (Å²) in [6, 6.07) is 2.10. The normalized spacial score (nSPS) is 19.4. The van der Waals surface area contributed by atoms with E-state index in [2.05, 4.69) is 22.2 Å². The van der Waals surface area contributed by atoms with E-state index in [0.29, 0.717) is 43.1 Å². The summed E-state index contributed by atoms with van der Waals surface area (Å²) in [7, 11) is 4.97. The Morgan fingerprint density at radius 1 is 1.14 bits per heavy atom. The molecule has 2 amide bonds. The Balaban J connectivity index is 1.56. The topological polar surface area (TPSA) is 101 Å². The van der Waals surface area contributed by atoms with Gasteiger partial charge in [-0.3, -0.25) is 15.1 Å². The molecule has 0 unspecified atom stereocenters. The molecule has 37 heavy (non-hydrogen) atoms. The number of methoxy groups -OCH3 is 2. The van der Waals surface area contributed by atoms with Crippen LogP contribution in [0.5, 0.6) is 11.5 Å². The average molecular weight is 511 g/mol. The number of fused-ring (bicyclic) bond motifs is 1. The quantitative estimate of drug-likeness (QED) is 0.279. The largest absolute Gasteiger partial charge is 0.496 e. The summed E-state index contributed by atoms with van der Waals surface area (Å²) < 4.78 is 16.6. The van der Waals surface area contributed by atoms with Crippen molar-refractivity contribution in [1.82, 2.24) is 15.3 Å². The third-order valence-electron chi connectivity index (χ3n) is 7.19. The molecule has 1 aromatic carbocycles. The predicted octanol–water partition coefficient (Wildman–Crippen LogP) is 4.16. The van der Waals surface area contributed by atoms with Gasteiger partial charge in [0.05, 0.1) is 39.8 Å². The zero-order valence-corrected chi connectivity index (χ0v) is 22.5. The molecule has 2 aliphatic rings. The summed E-state index contributed by atoms with van der Waals surface area (Å²) in [5, 5.41) is 6.98. The molecule has 2 N–H and O–H groups in total. The lowest BCUT2D eigenvalue weighted by Crippen LogP contribution is -2.48. The van der Waals surface area contributed by atoms with Gasteiger partial charge < -0.3 is 19.5 Å². The lowest BCUT2D eigenvalue weighted by atomic mass is 9.90. The maximum Gasteiger partial charge on any atom is 0.330 e. The van der Waals surface area contributed by atoms with Gasteiger partial charge >= 0.3 is 6.03 Å². The number of amides is 2. The monoisotopic (exact) mass is 510 g/mol. The van der Waals surface area contributed by atoms with Gasteiger partial charge in [0.25, 0.3) is 0 Å². The van der Waals surface area contributed by atoms with Gasteiger partial charge in [-0.1, -0.05) is 18.9 Å². The van der Waals surface area contributed by atoms with Crippen molar-refractivity contribution in [2.24, 2.45) is 0 Å². The van der Waals surface area contributed by atoms with Crippen molar-refractivity contribution >= 4 is 23.5 Å².